The third kappa shape index (κ3) is 4.39. The van der Waals surface area contributed by atoms with Crippen molar-refractivity contribution in [1.82, 2.24) is 25.8 Å². The van der Waals surface area contributed by atoms with Gasteiger partial charge in [0.2, 0.25) is 5.91 Å². The second-order valence-electron chi connectivity index (χ2n) is 3.79. The van der Waals surface area contributed by atoms with E-state index >= 15 is 0 Å². The predicted molar refractivity (Wildman–Crippen MR) is 60.8 cm³/mol. The van der Waals surface area contributed by atoms with Gasteiger partial charge in [-0.05, 0) is 13.5 Å². The van der Waals surface area contributed by atoms with Crippen LogP contribution in [0.15, 0.2) is 6.33 Å². The van der Waals surface area contributed by atoms with Gasteiger partial charge in [-0.15, -0.1) is 0 Å². The molecular formula is C10H19N5O. The van der Waals surface area contributed by atoms with Gasteiger partial charge in [0, 0.05) is 25.4 Å². The van der Waals surface area contributed by atoms with Gasteiger partial charge in [-0.3, -0.25) is 9.89 Å². The van der Waals surface area contributed by atoms with Crippen molar-refractivity contribution in [2.24, 2.45) is 5.92 Å². The van der Waals surface area contributed by atoms with Crippen molar-refractivity contribution in [2.75, 3.05) is 20.1 Å². The van der Waals surface area contributed by atoms with Crippen molar-refractivity contribution >= 4 is 5.91 Å². The summed E-state index contributed by atoms with van der Waals surface area (Å²) in [5.74, 6) is 0.958. The topological polar surface area (TPSA) is 82.7 Å². The number of H-pyrrole nitrogens is 1. The number of aromatic amines is 1. The zero-order chi connectivity index (χ0) is 11.8. The lowest BCUT2D eigenvalue weighted by Crippen LogP contribution is -2.34. The van der Waals surface area contributed by atoms with Crippen LogP contribution >= 0.6 is 0 Å². The average Bonchev–Trinajstić information content (AvgIpc) is 2.77. The summed E-state index contributed by atoms with van der Waals surface area (Å²) in [5.41, 5.74) is 0. The Kier molecular flexibility index (Phi) is 5.49. The summed E-state index contributed by atoms with van der Waals surface area (Å²) in [6.45, 7) is 3.28. The fourth-order valence-electron chi connectivity index (χ4n) is 1.39. The van der Waals surface area contributed by atoms with Gasteiger partial charge in [0.05, 0.1) is 0 Å². The van der Waals surface area contributed by atoms with Crippen LogP contribution in [0.5, 0.6) is 0 Å². The molecule has 1 aromatic rings. The largest absolute Gasteiger partial charge is 0.356 e. The van der Waals surface area contributed by atoms with Gasteiger partial charge in [-0.2, -0.15) is 5.10 Å². The van der Waals surface area contributed by atoms with Gasteiger partial charge in [-0.1, -0.05) is 6.92 Å². The van der Waals surface area contributed by atoms with Gasteiger partial charge in [0.1, 0.15) is 12.2 Å². The molecule has 1 aromatic heterocycles. The summed E-state index contributed by atoms with van der Waals surface area (Å²) in [4.78, 5) is 15.5. The molecule has 3 N–H and O–H groups in total. The molecule has 0 aromatic carbocycles. The number of amides is 1. The molecule has 0 saturated heterocycles. The van der Waals surface area contributed by atoms with Crippen LogP contribution in [0.1, 0.15) is 19.2 Å². The van der Waals surface area contributed by atoms with E-state index in [1.54, 1.807) is 0 Å². The first-order valence-corrected chi connectivity index (χ1v) is 5.50. The number of carbonyl (C=O) groups excluding carboxylic acids is 1. The van der Waals surface area contributed by atoms with Crippen LogP contribution < -0.4 is 10.6 Å². The lowest BCUT2D eigenvalue weighted by Gasteiger charge is -2.10. The number of hydrogen-bond acceptors (Lipinski definition) is 4. The van der Waals surface area contributed by atoms with Crippen LogP contribution in [-0.2, 0) is 11.2 Å². The van der Waals surface area contributed by atoms with Crippen molar-refractivity contribution in [1.29, 1.82) is 0 Å². The maximum absolute atomic E-state index is 11.5. The Balaban J connectivity index is 2.08. The Morgan fingerprint density at radius 2 is 2.44 bits per heavy atom. The lowest BCUT2D eigenvalue weighted by molar-refractivity contribution is -0.124. The second-order valence-corrected chi connectivity index (χ2v) is 3.79. The number of aromatic nitrogens is 3. The Morgan fingerprint density at radius 1 is 1.62 bits per heavy atom. The van der Waals surface area contributed by atoms with E-state index in [1.165, 1.54) is 6.33 Å². The third-order valence-corrected chi connectivity index (χ3v) is 2.31. The number of carbonyl (C=O) groups is 1. The summed E-state index contributed by atoms with van der Waals surface area (Å²) in [6, 6.07) is 0. The monoisotopic (exact) mass is 225 g/mol. The average molecular weight is 225 g/mol. The Morgan fingerprint density at radius 3 is 3.06 bits per heavy atom. The second kappa shape index (κ2) is 6.95. The molecule has 90 valence electrons. The zero-order valence-electron chi connectivity index (χ0n) is 9.79. The third-order valence-electron chi connectivity index (χ3n) is 2.31. The van der Waals surface area contributed by atoms with Crippen molar-refractivity contribution in [3.8, 4) is 0 Å². The molecule has 16 heavy (non-hydrogen) atoms. The summed E-state index contributed by atoms with van der Waals surface area (Å²) >= 11 is 0. The van der Waals surface area contributed by atoms with Gasteiger partial charge in [0.15, 0.2) is 0 Å². The van der Waals surface area contributed by atoms with Crippen molar-refractivity contribution < 1.29 is 4.79 Å². The van der Waals surface area contributed by atoms with E-state index in [4.69, 9.17) is 0 Å². The SMILES string of the molecule is CNCC(C)C(=O)NCCCc1ncn[nH]1. The van der Waals surface area contributed by atoms with Gasteiger partial charge in [0.25, 0.3) is 0 Å². The first kappa shape index (κ1) is 12.6. The Bertz CT molecular complexity index is 298. The normalized spacial score (nSPS) is 12.4. The molecule has 0 spiro atoms. The minimum absolute atomic E-state index is 0.00952. The molecule has 1 heterocycles. The number of nitrogens with one attached hydrogen (secondary N) is 3. The maximum atomic E-state index is 11.5. The summed E-state index contributed by atoms with van der Waals surface area (Å²) in [7, 11) is 1.84. The molecule has 6 nitrogen and oxygen atoms in total. The highest BCUT2D eigenvalue weighted by molar-refractivity contribution is 5.78. The number of rotatable bonds is 7. The number of hydrogen-bond donors (Lipinski definition) is 3. The minimum Gasteiger partial charge on any atom is -0.356 e. The summed E-state index contributed by atoms with van der Waals surface area (Å²) in [5, 5.41) is 12.4. The molecule has 6 heteroatoms. The molecule has 0 aliphatic carbocycles. The van der Waals surface area contributed by atoms with Crippen LogP contribution in [0, 0.1) is 5.92 Å². The Hall–Kier alpha value is -1.43. The fraction of sp³-hybridized carbons (Fsp3) is 0.700. The smallest absolute Gasteiger partial charge is 0.224 e. The fourth-order valence-corrected chi connectivity index (χ4v) is 1.39. The van der Waals surface area contributed by atoms with Crippen LogP contribution in [0.3, 0.4) is 0 Å². The van der Waals surface area contributed by atoms with E-state index in [0.717, 1.165) is 18.7 Å². The molecule has 0 aliphatic heterocycles. The standard InChI is InChI=1S/C10H19N5O/c1-8(6-11-2)10(16)12-5-3-4-9-13-7-14-15-9/h7-8,11H,3-6H2,1-2H3,(H,12,16)(H,13,14,15). The van der Waals surface area contributed by atoms with Crippen LogP contribution in [0.4, 0.5) is 0 Å². The van der Waals surface area contributed by atoms with Crippen molar-refractivity contribution in [3.63, 3.8) is 0 Å². The van der Waals surface area contributed by atoms with E-state index in [9.17, 15) is 4.79 Å². The molecule has 1 unspecified atom stereocenters. The first-order chi connectivity index (χ1) is 7.74. The molecule has 1 rings (SSSR count). The molecule has 0 fully saturated rings. The van der Waals surface area contributed by atoms with E-state index < -0.39 is 0 Å². The van der Waals surface area contributed by atoms with E-state index in [2.05, 4.69) is 25.8 Å². The molecule has 0 bridgehead atoms. The predicted octanol–water partition coefficient (Wildman–Crippen LogP) is -0.291. The van der Waals surface area contributed by atoms with Crippen LogP contribution in [0.25, 0.3) is 0 Å². The molecule has 0 aliphatic rings. The van der Waals surface area contributed by atoms with Gasteiger partial charge in [-0.25, -0.2) is 4.98 Å². The van der Waals surface area contributed by atoms with Gasteiger partial charge < -0.3 is 10.6 Å². The number of nitrogens with zero attached hydrogens (tertiary/aromatic N) is 2. The van der Waals surface area contributed by atoms with Crippen LogP contribution in [0.2, 0.25) is 0 Å². The van der Waals surface area contributed by atoms with Crippen molar-refractivity contribution in [2.45, 2.75) is 19.8 Å². The highest BCUT2D eigenvalue weighted by Crippen LogP contribution is 1.94. The highest BCUT2D eigenvalue weighted by Gasteiger charge is 2.10. The first-order valence-electron chi connectivity index (χ1n) is 5.50. The van der Waals surface area contributed by atoms with Crippen molar-refractivity contribution in [3.05, 3.63) is 12.2 Å². The lowest BCUT2D eigenvalue weighted by atomic mass is 10.1. The Labute approximate surface area is 95.2 Å². The summed E-state index contributed by atoms with van der Waals surface area (Å²) in [6.07, 6.45) is 3.16. The molecule has 0 radical (unpaired) electrons. The maximum Gasteiger partial charge on any atom is 0.224 e. The molecule has 1 atom stereocenters. The van der Waals surface area contributed by atoms with E-state index in [1.807, 2.05) is 14.0 Å². The summed E-state index contributed by atoms with van der Waals surface area (Å²) < 4.78 is 0. The van der Waals surface area contributed by atoms with E-state index in [0.29, 0.717) is 13.1 Å². The zero-order valence-corrected chi connectivity index (χ0v) is 9.79. The van der Waals surface area contributed by atoms with Gasteiger partial charge >= 0.3 is 0 Å². The number of aryl methyl sites for hydroxylation is 1. The quantitative estimate of drug-likeness (QED) is 0.557. The van der Waals surface area contributed by atoms with E-state index in [-0.39, 0.29) is 11.8 Å². The molecular weight excluding hydrogens is 206 g/mol. The highest BCUT2D eigenvalue weighted by atomic mass is 16.1. The minimum atomic E-state index is 0.00952. The van der Waals surface area contributed by atoms with Crippen LogP contribution in [-0.4, -0.2) is 41.2 Å². The molecule has 0 saturated carbocycles. The molecule has 1 amide bonds.